The number of nitrogens with zero attached hydrogens (tertiary/aromatic N) is 2. The van der Waals surface area contributed by atoms with E-state index in [-0.39, 0.29) is 18.1 Å². The fourth-order valence-corrected chi connectivity index (χ4v) is 4.62. The number of amides is 1. The Labute approximate surface area is 165 Å². The van der Waals surface area contributed by atoms with Gasteiger partial charge in [0.2, 0.25) is 5.91 Å². The SMILES string of the molecule is C=CC(=O)N1C[C@@H](C)C[C@@H](Oc2ccnc3[nH]cc(C4CCOC(C)C4)c23)C1. The highest BCUT2D eigenvalue weighted by Gasteiger charge is 2.30. The van der Waals surface area contributed by atoms with E-state index in [0.29, 0.717) is 18.4 Å². The minimum absolute atomic E-state index is 0.0291. The molecule has 6 nitrogen and oxygen atoms in total. The van der Waals surface area contributed by atoms with Crippen molar-refractivity contribution in [3.05, 3.63) is 36.7 Å². The van der Waals surface area contributed by atoms with Gasteiger partial charge >= 0.3 is 0 Å². The summed E-state index contributed by atoms with van der Waals surface area (Å²) < 4.78 is 12.2. The summed E-state index contributed by atoms with van der Waals surface area (Å²) in [7, 11) is 0. The second-order valence-corrected chi connectivity index (χ2v) is 8.21. The van der Waals surface area contributed by atoms with Gasteiger partial charge < -0.3 is 19.4 Å². The summed E-state index contributed by atoms with van der Waals surface area (Å²) in [6.45, 7) is 10.0. The highest BCUT2D eigenvalue weighted by Crippen LogP contribution is 2.38. The summed E-state index contributed by atoms with van der Waals surface area (Å²) in [4.78, 5) is 21.7. The molecule has 2 aliphatic rings. The van der Waals surface area contributed by atoms with Gasteiger partial charge in [0, 0.05) is 25.5 Å². The lowest BCUT2D eigenvalue weighted by atomic mass is 9.89. The Kier molecular flexibility index (Phi) is 5.40. The number of hydrogen-bond acceptors (Lipinski definition) is 4. The van der Waals surface area contributed by atoms with E-state index in [0.717, 1.165) is 49.2 Å². The number of hydrogen-bond donors (Lipinski definition) is 1. The van der Waals surface area contributed by atoms with Crippen LogP contribution in [-0.4, -0.2) is 52.7 Å². The number of aromatic nitrogens is 2. The molecule has 2 unspecified atom stereocenters. The van der Waals surface area contributed by atoms with Crippen molar-refractivity contribution in [2.75, 3.05) is 19.7 Å². The van der Waals surface area contributed by atoms with Crippen LogP contribution in [0.2, 0.25) is 0 Å². The minimum atomic E-state index is -0.0328. The van der Waals surface area contributed by atoms with Crippen molar-refractivity contribution >= 4 is 16.9 Å². The highest BCUT2D eigenvalue weighted by molar-refractivity contribution is 5.87. The number of likely N-dealkylation sites (tertiary alicyclic amines) is 1. The molecule has 0 saturated carbocycles. The van der Waals surface area contributed by atoms with Crippen LogP contribution in [-0.2, 0) is 9.53 Å². The van der Waals surface area contributed by atoms with Crippen LogP contribution in [0.25, 0.3) is 11.0 Å². The van der Waals surface area contributed by atoms with Crippen molar-refractivity contribution in [2.24, 2.45) is 5.92 Å². The van der Waals surface area contributed by atoms with Crippen LogP contribution in [0.4, 0.5) is 0 Å². The van der Waals surface area contributed by atoms with E-state index in [1.165, 1.54) is 11.6 Å². The molecule has 0 radical (unpaired) electrons. The van der Waals surface area contributed by atoms with Crippen LogP contribution in [0.15, 0.2) is 31.1 Å². The van der Waals surface area contributed by atoms with E-state index in [2.05, 4.69) is 36.6 Å². The number of aromatic amines is 1. The fourth-order valence-electron chi connectivity index (χ4n) is 4.62. The van der Waals surface area contributed by atoms with Crippen LogP contribution in [0, 0.1) is 5.92 Å². The van der Waals surface area contributed by atoms with Crippen molar-refractivity contribution in [1.29, 1.82) is 0 Å². The molecule has 0 spiro atoms. The maximum absolute atomic E-state index is 12.1. The average molecular weight is 383 g/mol. The maximum atomic E-state index is 12.1. The Morgan fingerprint density at radius 2 is 2.25 bits per heavy atom. The van der Waals surface area contributed by atoms with Crippen LogP contribution < -0.4 is 4.74 Å². The number of pyridine rings is 1. The normalized spacial score (nSPS) is 28.3. The van der Waals surface area contributed by atoms with Crippen LogP contribution in [0.5, 0.6) is 5.75 Å². The number of H-pyrrole nitrogens is 1. The Morgan fingerprint density at radius 1 is 1.39 bits per heavy atom. The molecule has 2 aromatic heterocycles. The standard InChI is InChI=1S/C22H29N3O3/c1-4-20(26)25-12-14(2)9-17(13-25)28-19-5-7-23-22-21(19)18(11-24-22)16-6-8-27-15(3)10-16/h4-5,7,11,14-17H,1,6,8-10,12-13H2,2-3H3,(H,23,24)/t14-,15?,16?,17+/m0/s1. The van der Waals surface area contributed by atoms with E-state index in [9.17, 15) is 4.79 Å². The zero-order valence-electron chi connectivity index (χ0n) is 16.7. The van der Waals surface area contributed by atoms with Crippen molar-refractivity contribution in [3.8, 4) is 5.75 Å². The van der Waals surface area contributed by atoms with E-state index >= 15 is 0 Å². The first-order chi connectivity index (χ1) is 13.5. The van der Waals surface area contributed by atoms with Crippen molar-refractivity contribution < 1.29 is 14.3 Å². The van der Waals surface area contributed by atoms with E-state index in [1.54, 1.807) is 6.20 Å². The van der Waals surface area contributed by atoms with Gasteiger partial charge in [-0.05, 0) is 55.7 Å². The van der Waals surface area contributed by atoms with Crippen LogP contribution in [0.1, 0.15) is 44.6 Å². The molecule has 1 N–H and O–H groups in total. The number of carbonyl (C=O) groups is 1. The molecule has 28 heavy (non-hydrogen) atoms. The molecule has 2 saturated heterocycles. The number of rotatable bonds is 4. The molecule has 4 rings (SSSR count). The minimum Gasteiger partial charge on any atom is -0.488 e. The number of nitrogens with one attached hydrogen (secondary N) is 1. The third kappa shape index (κ3) is 3.78. The Bertz CT molecular complexity index is 862. The van der Waals surface area contributed by atoms with E-state index in [1.807, 2.05) is 11.0 Å². The molecule has 1 amide bonds. The topological polar surface area (TPSA) is 67.5 Å². The summed E-state index contributed by atoms with van der Waals surface area (Å²) >= 11 is 0. The number of carbonyl (C=O) groups excluding carboxylic acids is 1. The molecule has 2 fully saturated rings. The fraction of sp³-hybridized carbons (Fsp3) is 0.545. The van der Waals surface area contributed by atoms with Crippen LogP contribution >= 0.6 is 0 Å². The second kappa shape index (κ2) is 7.95. The van der Waals surface area contributed by atoms with Crippen molar-refractivity contribution in [2.45, 2.75) is 51.2 Å². The predicted octanol–water partition coefficient (Wildman–Crippen LogP) is 3.65. The number of piperidine rings is 1. The van der Waals surface area contributed by atoms with Gasteiger partial charge in [0.25, 0.3) is 0 Å². The zero-order valence-corrected chi connectivity index (χ0v) is 16.7. The summed E-state index contributed by atoms with van der Waals surface area (Å²) in [5.41, 5.74) is 2.12. The third-order valence-corrected chi connectivity index (χ3v) is 5.89. The Balaban J connectivity index is 1.61. The molecular weight excluding hydrogens is 354 g/mol. The molecule has 4 atom stereocenters. The molecule has 2 aliphatic heterocycles. The maximum Gasteiger partial charge on any atom is 0.246 e. The lowest BCUT2D eigenvalue weighted by Crippen LogP contribution is -2.47. The van der Waals surface area contributed by atoms with Crippen molar-refractivity contribution in [1.82, 2.24) is 14.9 Å². The largest absolute Gasteiger partial charge is 0.488 e. The summed E-state index contributed by atoms with van der Waals surface area (Å²) in [6.07, 6.45) is 8.41. The first-order valence-electron chi connectivity index (χ1n) is 10.2. The summed E-state index contributed by atoms with van der Waals surface area (Å²) in [5.74, 6) is 1.65. The van der Waals surface area contributed by atoms with Gasteiger partial charge in [-0.2, -0.15) is 0 Å². The molecule has 150 valence electrons. The lowest BCUT2D eigenvalue weighted by Gasteiger charge is -2.36. The predicted molar refractivity (Wildman–Crippen MR) is 108 cm³/mol. The highest BCUT2D eigenvalue weighted by atomic mass is 16.5. The van der Waals surface area contributed by atoms with Gasteiger partial charge in [0.15, 0.2) is 0 Å². The van der Waals surface area contributed by atoms with Gasteiger partial charge in [-0.15, -0.1) is 0 Å². The average Bonchev–Trinajstić information content (AvgIpc) is 3.12. The first kappa shape index (κ1) is 19.0. The van der Waals surface area contributed by atoms with Gasteiger partial charge in [0.1, 0.15) is 17.5 Å². The van der Waals surface area contributed by atoms with Gasteiger partial charge in [0.05, 0.1) is 18.0 Å². The Morgan fingerprint density at radius 3 is 3.04 bits per heavy atom. The summed E-state index contributed by atoms with van der Waals surface area (Å²) in [5, 5.41) is 1.07. The number of fused-ring (bicyclic) bond motifs is 1. The van der Waals surface area contributed by atoms with E-state index in [4.69, 9.17) is 9.47 Å². The first-order valence-corrected chi connectivity index (χ1v) is 10.2. The molecule has 6 heteroatoms. The second-order valence-electron chi connectivity index (χ2n) is 8.21. The summed E-state index contributed by atoms with van der Waals surface area (Å²) in [6, 6.07) is 1.95. The molecule has 0 aromatic carbocycles. The van der Waals surface area contributed by atoms with Crippen LogP contribution in [0.3, 0.4) is 0 Å². The smallest absolute Gasteiger partial charge is 0.246 e. The molecule has 0 bridgehead atoms. The molecule has 4 heterocycles. The molecule has 2 aromatic rings. The zero-order chi connectivity index (χ0) is 19.7. The third-order valence-electron chi connectivity index (χ3n) is 5.89. The van der Waals surface area contributed by atoms with Gasteiger partial charge in [-0.25, -0.2) is 4.98 Å². The molecule has 0 aliphatic carbocycles. The molecular formula is C22H29N3O3. The van der Waals surface area contributed by atoms with Gasteiger partial charge in [-0.1, -0.05) is 13.5 Å². The van der Waals surface area contributed by atoms with Crippen molar-refractivity contribution in [3.63, 3.8) is 0 Å². The number of ether oxygens (including phenoxy) is 2. The van der Waals surface area contributed by atoms with E-state index < -0.39 is 0 Å². The Hall–Kier alpha value is -2.34. The monoisotopic (exact) mass is 383 g/mol. The van der Waals surface area contributed by atoms with Gasteiger partial charge in [-0.3, -0.25) is 4.79 Å². The quantitative estimate of drug-likeness (QED) is 0.819. The lowest BCUT2D eigenvalue weighted by molar-refractivity contribution is -0.129.